The van der Waals surface area contributed by atoms with Gasteiger partial charge in [-0.1, -0.05) is 24.8 Å². The van der Waals surface area contributed by atoms with Crippen molar-refractivity contribution in [1.29, 1.82) is 0 Å². The highest BCUT2D eigenvalue weighted by molar-refractivity contribution is 7.90. The van der Waals surface area contributed by atoms with Crippen LogP contribution in [-0.2, 0) is 14.8 Å². The van der Waals surface area contributed by atoms with Gasteiger partial charge in [-0.25, -0.2) is 17.4 Å². The van der Waals surface area contributed by atoms with Crippen LogP contribution in [0.3, 0.4) is 0 Å². The van der Waals surface area contributed by atoms with Crippen LogP contribution in [0.4, 0.5) is 5.69 Å². The minimum atomic E-state index is -3.90. The molecule has 0 atom stereocenters. The molecule has 0 saturated heterocycles. The van der Waals surface area contributed by atoms with Gasteiger partial charge in [0.05, 0.1) is 16.4 Å². The maximum atomic E-state index is 12.9. The van der Waals surface area contributed by atoms with Crippen LogP contribution in [0.25, 0.3) is 16.8 Å². The zero-order valence-corrected chi connectivity index (χ0v) is 14.6. The molecule has 0 bridgehead atoms. The number of fused-ring (bicyclic) bond motifs is 1. The average Bonchev–Trinajstić information content (AvgIpc) is 3.06. The second-order valence-corrected chi connectivity index (χ2v) is 7.11. The summed E-state index contributed by atoms with van der Waals surface area (Å²) < 4.78 is 32.1. The van der Waals surface area contributed by atoms with E-state index in [1.54, 1.807) is 25.1 Å². The Kier molecular flexibility index (Phi) is 4.47. The summed E-state index contributed by atoms with van der Waals surface area (Å²) in [7, 11) is -3.90. The lowest BCUT2D eigenvalue weighted by atomic mass is 10.1. The molecule has 0 spiro atoms. The smallest absolute Gasteiger partial charge is 0.299 e. The lowest BCUT2D eigenvalue weighted by Crippen LogP contribution is -2.12. The lowest BCUT2D eigenvalue weighted by Gasteiger charge is -2.10. The molecule has 0 fully saturated rings. The Hall–Kier alpha value is -3.20. The average molecular weight is 373 g/mol. The molecule has 0 aliphatic carbocycles. The summed E-state index contributed by atoms with van der Waals surface area (Å²) in [4.78, 5) is 14.8. The number of hydrogen-bond acceptors (Lipinski definition) is 6. The molecule has 0 saturated carbocycles. The number of aromatic nitrogens is 2. The van der Waals surface area contributed by atoms with Crippen molar-refractivity contribution >= 4 is 32.5 Å². The fourth-order valence-electron chi connectivity index (χ4n) is 2.63. The van der Waals surface area contributed by atoms with Gasteiger partial charge < -0.3 is 4.74 Å². The van der Waals surface area contributed by atoms with Crippen LogP contribution in [0.1, 0.15) is 12.5 Å². The topological polar surface area (TPSA) is 104 Å². The molecule has 0 unspecified atom stereocenters. The monoisotopic (exact) mass is 373 g/mol. The number of pyridine rings is 1. The number of rotatable bonds is 6. The van der Waals surface area contributed by atoms with Gasteiger partial charge in [-0.3, -0.25) is 10.1 Å². The molecule has 134 valence electrons. The van der Waals surface area contributed by atoms with Crippen LogP contribution < -0.4 is 0 Å². The van der Waals surface area contributed by atoms with Crippen molar-refractivity contribution in [3.63, 3.8) is 0 Å². The van der Waals surface area contributed by atoms with Crippen LogP contribution in [-0.4, -0.2) is 28.9 Å². The summed E-state index contributed by atoms with van der Waals surface area (Å²) in [5.74, 6) is 0.0847. The highest BCUT2D eigenvalue weighted by Crippen LogP contribution is 2.33. The van der Waals surface area contributed by atoms with E-state index in [9.17, 15) is 18.5 Å². The summed E-state index contributed by atoms with van der Waals surface area (Å²) >= 11 is 0. The lowest BCUT2D eigenvalue weighted by molar-refractivity contribution is -0.385. The van der Waals surface area contributed by atoms with E-state index in [2.05, 4.69) is 11.6 Å². The van der Waals surface area contributed by atoms with Gasteiger partial charge >= 0.3 is 0 Å². The Labute approximate surface area is 149 Å². The third-order valence-corrected chi connectivity index (χ3v) is 5.44. The Morgan fingerprint density at radius 3 is 2.62 bits per heavy atom. The molecule has 0 radical (unpaired) electrons. The molecule has 3 rings (SSSR count). The SMILES string of the molecule is C=C(OCC)c1c([N+](=O)[O-])cnc2c1ccn2S(=O)(=O)c1ccccc1. The predicted molar refractivity (Wildman–Crippen MR) is 96.1 cm³/mol. The first-order valence-corrected chi connectivity index (χ1v) is 9.09. The zero-order valence-electron chi connectivity index (χ0n) is 13.8. The van der Waals surface area contributed by atoms with Gasteiger partial charge in [0.2, 0.25) is 0 Å². The third-order valence-electron chi connectivity index (χ3n) is 3.75. The number of nitrogens with zero attached hydrogens (tertiary/aromatic N) is 3. The summed E-state index contributed by atoms with van der Waals surface area (Å²) in [5, 5.41) is 11.6. The first kappa shape index (κ1) is 17.6. The number of hydrogen-bond donors (Lipinski definition) is 0. The van der Waals surface area contributed by atoms with Crippen LogP contribution in [0.15, 0.2) is 60.3 Å². The van der Waals surface area contributed by atoms with Crippen molar-refractivity contribution in [2.75, 3.05) is 6.61 Å². The predicted octanol–water partition coefficient (Wildman–Crippen LogP) is 3.19. The maximum absolute atomic E-state index is 12.9. The van der Waals surface area contributed by atoms with Gasteiger partial charge in [0.1, 0.15) is 17.5 Å². The third kappa shape index (κ3) is 2.82. The molecule has 26 heavy (non-hydrogen) atoms. The van der Waals surface area contributed by atoms with Crippen LogP contribution in [0, 0.1) is 10.1 Å². The standard InChI is InChI=1S/C17H15N3O5S/c1-3-25-12(2)16-14-9-10-19(17(14)18-11-15(16)20(21)22)26(23,24)13-7-5-4-6-8-13/h4-11H,2-3H2,1H3. The number of ether oxygens (including phenoxy) is 1. The highest BCUT2D eigenvalue weighted by Gasteiger charge is 2.26. The molecule has 3 aromatic rings. The van der Waals surface area contributed by atoms with E-state index in [0.717, 1.165) is 10.2 Å². The molecule has 8 nitrogen and oxygen atoms in total. The van der Waals surface area contributed by atoms with Gasteiger partial charge in [-0.05, 0) is 25.1 Å². The Morgan fingerprint density at radius 1 is 1.31 bits per heavy atom. The second kappa shape index (κ2) is 6.60. The Balaban J connectivity index is 2.28. The molecule has 0 aliphatic heterocycles. The maximum Gasteiger partial charge on any atom is 0.299 e. The van der Waals surface area contributed by atoms with E-state index in [1.165, 1.54) is 24.4 Å². The molecular weight excluding hydrogens is 358 g/mol. The largest absolute Gasteiger partial charge is 0.494 e. The molecule has 0 N–H and O–H groups in total. The minimum absolute atomic E-state index is 0.0651. The van der Waals surface area contributed by atoms with Crippen molar-refractivity contribution in [2.45, 2.75) is 11.8 Å². The van der Waals surface area contributed by atoms with Gasteiger partial charge in [-0.2, -0.15) is 0 Å². The highest BCUT2D eigenvalue weighted by atomic mass is 32.2. The van der Waals surface area contributed by atoms with E-state index in [4.69, 9.17) is 4.74 Å². The molecule has 0 aliphatic rings. The number of nitro groups is 1. The van der Waals surface area contributed by atoms with E-state index >= 15 is 0 Å². The fourth-order valence-corrected chi connectivity index (χ4v) is 3.95. The quantitative estimate of drug-likeness (QED) is 0.373. The first-order valence-electron chi connectivity index (χ1n) is 7.65. The van der Waals surface area contributed by atoms with Crippen molar-refractivity contribution < 1.29 is 18.1 Å². The molecule has 2 aromatic heterocycles. The molecular formula is C17H15N3O5S. The summed E-state index contributed by atoms with van der Waals surface area (Å²) in [6.07, 6.45) is 2.32. The summed E-state index contributed by atoms with van der Waals surface area (Å²) in [6, 6.07) is 9.31. The van der Waals surface area contributed by atoms with Crippen molar-refractivity contribution in [3.05, 3.63) is 71.0 Å². The van der Waals surface area contributed by atoms with E-state index < -0.39 is 14.9 Å². The molecule has 9 heteroatoms. The Morgan fingerprint density at radius 2 is 2.00 bits per heavy atom. The zero-order chi connectivity index (χ0) is 18.9. The van der Waals surface area contributed by atoms with Gasteiger partial charge in [0.25, 0.3) is 15.7 Å². The van der Waals surface area contributed by atoms with Crippen LogP contribution in [0.5, 0.6) is 0 Å². The summed E-state index contributed by atoms with van der Waals surface area (Å²) in [6.45, 7) is 5.71. The normalized spacial score (nSPS) is 11.4. The van der Waals surface area contributed by atoms with Crippen LogP contribution in [0.2, 0.25) is 0 Å². The van der Waals surface area contributed by atoms with E-state index in [0.29, 0.717) is 0 Å². The first-order chi connectivity index (χ1) is 12.4. The number of benzene rings is 1. The summed E-state index contributed by atoms with van der Waals surface area (Å²) in [5.41, 5.74) is -0.120. The van der Waals surface area contributed by atoms with Crippen molar-refractivity contribution in [3.8, 4) is 0 Å². The van der Waals surface area contributed by atoms with E-state index in [-0.39, 0.29) is 39.5 Å². The van der Waals surface area contributed by atoms with E-state index in [1.807, 2.05) is 0 Å². The molecule has 1 aromatic carbocycles. The van der Waals surface area contributed by atoms with Gasteiger partial charge in [0, 0.05) is 11.6 Å². The minimum Gasteiger partial charge on any atom is -0.494 e. The van der Waals surface area contributed by atoms with Crippen molar-refractivity contribution in [1.82, 2.24) is 8.96 Å². The fraction of sp³-hybridized carbons (Fsp3) is 0.118. The second-order valence-electron chi connectivity index (χ2n) is 5.30. The molecule has 0 amide bonds. The Bertz CT molecular complexity index is 1100. The van der Waals surface area contributed by atoms with Crippen molar-refractivity contribution in [2.24, 2.45) is 0 Å². The van der Waals surface area contributed by atoms with Crippen LogP contribution >= 0.6 is 0 Å². The van der Waals surface area contributed by atoms with Gasteiger partial charge in [-0.15, -0.1) is 0 Å². The molecule has 2 heterocycles. The van der Waals surface area contributed by atoms with Gasteiger partial charge in [0.15, 0.2) is 5.65 Å².